The molecular weight excluding hydrogens is 713 g/mol. The molecule has 2 bridgehead atoms. The first kappa shape index (κ1) is 43.0. The van der Waals surface area contributed by atoms with Crippen LogP contribution < -0.4 is 15.4 Å². The van der Waals surface area contributed by atoms with Crippen LogP contribution in [-0.4, -0.2) is 108 Å². The Morgan fingerprint density at radius 3 is 2.28 bits per heavy atom. The molecule has 9 nitrogen and oxygen atoms in total. The molecule has 318 valence electrons. The first-order valence-electron chi connectivity index (χ1n) is 22.6. The average molecular weight is 789 g/mol. The summed E-state index contributed by atoms with van der Waals surface area (Å²) in [5.74, 6) is 4.48. The van der Waals surface area contributed by atoms with E-state index in [-0.39, 0.29) is 37.3 Å². The number of benzene rings is 2. The number of fused-ring (bicyclic) bond motifs is 3. The van der Waals surface area contributed by atoms with Gasteiger partial charge in [-0.1, -0.05) is 77.1 Å². The predicted octanol–water partition coefficient (Wildman–Crippen LogP) is 6.08. The standard InChI is InChI=1S/C48H76N4O5/c1-31(2)21-38(29-51-17-10-11-18-51)52(28-36-15-8-9-16-43(36)57-20-19-53)27-35-14-12-13-34(22-35)26-49-46(45(33(4)55)44(30-54)56-7)48(40-25-41(40)48)50-42-24-37-23-39(32(42)3)47(37,5)6/h8-9,12-16,22,31-33,37-42,44-46,49-50,53-55H,10-11,17-21,23-30H2,1-7H3/t32-,33-,37+,38-,39-,40?,41?,42-,44-,45+,46-,48?/m0/s1. The molecule has 2 aromatic carbocycles. The zero-order chi connectivity index (χ0) is 40.5. The Balaban J connectivity index is 1.13. The van der Waals surface area contributed by atoms with Gasteiger partial charge in [0, 0.05) is 68.4 Å². The second-order valence-electron chi connectivity index (χ2n) is 19.9. The van der Waals surface area contributed by atoms with E-state index < -0.39 is 12.2 Å². The minimum atomic E-state index is -0.646. The monoisotopic (exact) mass is 789 g/mol. The van der Waals surface area contributed by atoms with Crippen molar-refractivity contribution in [2.24, 2.45) is 46.8 Å². The Bertz CT molecular complexity index is 1580. The van der Waals surface area contributed by atoms with Crippen LogP contribution >= 0.6 is 0 Å². The number of ether oxygens (including phenoxy) is 2. The topological polar surface area (TPSA) is 110 Å². The van der Waals surface area contributed by atoms with Crippen molar-refractivity contribution in [3.8, 4) is 5.75 Å². The minimum Gasteiger partial charge on any atom is -0.491 e. The van der Waals surface area contributed by atoms with Gasteiger partial charge in [0.25, 0.3) is 0 Å². The van der Waals surface area contributed by atoms with Crippen LogP contribution in [0.15, 0.2) is 48.5 Å². The van der Waals surface area contributed by atoms with Crippen molar-refractivity contribution in [1.82, 2.24) is 20.4 Å². The molecule has 0 spiro atoms. The second-order valence-corrected chi connectivity index (χ2v) is 19.9. The van der Waals surface area contributed by atoms with Crippen LogP contribution in [0, 0.1) is 46.8 Å². The summed E-state index contributed by atoms with van der Waals surface area (Å²) in [7, 11) is 1.67. The summed E-state index contributed by atoms with van der Waals surface area (Å²) in [4.78, 5) is 5.31. The first-order chi connectivity index (χ1) is 27.4. The largest absolute Gasteiger partial charge is 0.491 e. The van der Waals surface area contributed by atoms with Crippen molar-refractivity contribution >= 4 is 0 Å². The van der Waals surface area contributed by atoms with Crippen LogP contribution in [0.5, 0.6) is 5.75 Å². The number of rotatable bonds is 23. The second kappa shape index (κ2) is 18.3. The van der Waals surface area contributed by atoms with Gasteiger partial charge in [0.2, 0.25) is 0 Å². The van der Waals surface area contributed by atoms with Crippen molar-refractivity contribution in [3.05, 3.63) is 65.2 Å². The number of nitrogens with zero attached hydrogens (tertiary/aromatic N) is 2. The van der Waals surface area contributed by atoms with E-state index in [4.69, 9.17) is 9.47 Å². The molecule has 1 saturated heterocycles. The number of likely N-dealkylation sites (tertiary alicyclic amines) is 1. The normalized spacial score (nSPS) is 31.4. The predicted molar refractivity (Wildman–Crippen MR) is 228 cm³/mol. The van der Waals surface area contributed by atoms with Gasteiger partial charge in [0.05, 0.1) is 25.4 Å². The summed E-state index contributed by atoms with van der Waals surface area (Å²) in [5, 5.41) is 39.9. The molecule has 5 N–H and O–H groups in total. The fourth-order valence-corrected chi connectivity index (χ4v) is 12.1. The summed E-state index contributed by atoms with van der Waals surface area (Å²) in [6.45, 7) is 19.8. The number of para-hydroxylation sites is 1. The summed E-state index contributed by atoms with van der Waals surface area (Å²) >= 11 is 0. The Morgan fingerprint density at radius 1 is 0.930 bits per heavy atom. The Hall–Kier alpha value is -2.08. The van der Waals surface area contributed by atoms with E-state index in [1.807, 2.05) is 19.1 Å². The highest BCUT2D eigenvalue weighted by Gasteiger charge is 2.80. The third-order valence-electron chi connectivity index (χ3n) is 15.6. The molecule has 6 aliphatic rings. The SMILES string of the molecule is CO[C@@H](CO)[C@@H]([C@H](C)O)[C@H](NCc1cccc(CN(Cc2ccccc2OCCO)[C@@H](CC(C)C)CN2CCCC2)c1)C1(N[C@H]2C[C@H]3C[C@@H]([C@@H]2C)C3(C)C)C2CC21. The maximum Gasteiger partial charge on any atom is 0.123 e. The van der Waals surface area contributed by atoms with Gasteiger partial charge in [-0.3, -0.25) is 4.90 Å². The summed E-state index contributed by atoms with van der Waals surface area (Å²) in [5.41, 5.74) is 3.99. The van der Waals surface area contributed by atoms with Crippen LogP contribution in [0.4, 0.5) is 0 Å². The molecule has 0 radical (unpaired) electrons. The summed E-state index contributed by atoms with van der Waals surface area (Å²) < 4.78 is 12.0. The minimum absolute atomic E-state index is 0.00771. The molecule has 0 amide bonds. The van der Waals surface area contributed by atoms with Crippen molar-refractivity contribution in [2.75, 3.05) is 46.6 Å². The van der Waals surface area contributed by atoms with Gasteiger partial charge in [-0.2, -0.15) is 0 Å². The lowest BCUT2D eigenvalue weighted by Gasteiger charge is -2.63. The zero-order valence-electron chi connectivity index (χ0n) is 36.2. The average Bonchev–Trinajstić information content (AvgIpc) is 4.05. The van der Waals surface area contributed by atoms with Crippen LogP contribution in [0.25, 0.3) is 0 Å². The van der Waals surface area contributed by atoms with E-state index in [1.54, 1.807) is 7.11 Å². The van der Waals surface area contributed by atoms with Crippen LogP contribution in [0.1, 0.15) is 96.8 Å². The molecule has 11 atom stereocenters. The van der Waals surface area contributed by atoms with Crippen LogP contribution in [0.3, 0.4) is 0 Å². The summed E-state index contributed by atoms with van der Waals surface area (Å²) in [6, 6.07) is 18.2. The molecule has 2 aromatic rings. The van der Waals surface area contributed by atoms with E-state index in [2.05, 4.69) is 91.5 Å². The van der Waals surface area contributed by atoms with E-state index in [0.29, 0.717) is 47.7 Å². The van der Waals surface area contributed by atoms with Crippen molar-refractivity contribution in [1.29, 1.82) is 0 Å². The number of aliphatic hydroxyl groups is 3. The van der Waals surface area contributed by atoms with E-state index in [9.17, 15) is 15.3 Å². The van der Waals surface area contributed by atoms with E-state index >= 15 is 0 Å². The lowest BCUT2D eigenvalue weighted by molar-refractivity contribution is -0.121. The molecule has 2 unspecified atom stereocenters. The molecule has 57 heavy (non-hydrogen) atoms. The third kappa shape index (κ3) is 9.17. The molecule has 9 heteroatoms. The molecule has 1 aliphatic heterocycles. The maximum atomic E-state index is 11.4. The Labute approximate surface area is 344 Å². The van der Waals surface area contributed by atoms with Crippen molar-refractivity contribution < 1.29 is 24.8 Å². The smallest absolute Gasteiger partial charge is 0.123 e. The molecule has 0 aromatic heterocycles. The number of aliphatic hydroxyl groups excluding tert-OH is 3. The number of hydrogen-bond donors (Lipinski definition) is 5. The van der Waals surface area contributed by atoms with Gasteiger partial charge >= 0.3 is 0 Å². The Morgan fingerprint density at radius 2 is 1.67 bits per heavy atom. The summed E-state index contributed by atoms with van der Waals surface area (Å²) in [6.07, 6.45) is 6.37. The van der Waals surface area contributed by atoms with Gasteiger partial charge in [-0.05, 0) is 117 Å². The van der Waals surface area contributed by atoms with Gasteiger partial charge in [-0.25, -0.2) is 0 Å². The highest BCUT2D eigenvalue weighted by Crippen LogP contribution is 2.74. The first-order valence-corrected chi connectivity index (χ1v) is 22.6. The number of methoxy groups -OCH3 is 1. The van der Waals surface area contributed by atoms with Gasteiger partial charge in [-0.15, -0.1) is 0 Å². The van der Waals surface area contributed by atoms with Crippen molar-refractivity contribution in [2.45, 2.75) is 136 Å². The molecule has 5 aliphatic carbocycles. The molecule has 1 heterocycles. The molecule has 5 saturated carbocycles. The lowest BCUT2D eigenvalue weighted by Crippen LogP contribution is -2.68. The Kier molecular flexibility index (Phi) is 13.8. The van der Waals surface area contributed by atoms with Gasteiger partial charge < -0.3 is 40.3 Å². The number of hydrogen-bond acceptors (Lipinski definition) is 9. The third-order valence-corrected chi connectivity index (χ3v) is 15.6. The quantitative estimate of drug-likeness (QED) is 0.0916. The highest BCUT2D eigenvalue weighted by atomic mass is 16.5. The van der Waals surface area contributed by atoms with Gasteiger partial charge in [0.15, 0.2) is 0 Å². The van der Waals surface area contributed by atoms with Crippen LogP contribution in [-0.2, 0) is 24.4 Å². The van der Waals surface area contributed by atoms with E-state index in [1.165, 1.54) is 56.3 Å². The number of nitrogens with one attached hydrogen (secondary N) is 2. The zero-order valence-corrected chi connectivity index (χ0v) is 36.2. The maximum absolute atomic E-state index is 11.4. The van der Waals surface area contributed by atoms with Crippen LogP contribution in [0.2, 0.25) is 0 Å². The molecule has 6 fully saturated rings. The fraction of sp³-hybridized carbons (Fsp3) is 0.750. The molecular formula is C48H76N4O5. The molecule has 8 rings (SSSR count). The van der Waals surface area contributed by atoms with Crippen molar-refractivity contribution in [3.63, 3.8) is 0 Å². The van der Waals surface area contributed by atoms with E-state index in [0.717, 1.165) is 49.2 Å². The van der Waals surface area contributed by atoms with Gasteiger partial charge in [0.1, 0.15) is 12.4 Å². The fourth-order valence-electron chi connectivity index (χ4n) is 12.1. The highest BCUT2D eigenvalue weighted by molar-refractivity contribution is 5.37. The lowest BCUT2D eigenvalue weighted by atomic mass is 9.44.